The minimum absolute atomic E-state index is 0.0439. The molecule has 0 atom stereocenters. The van der Waals surface area contributed by atoms with Crippen LogP contribution in [0.15, 0.2) is 65.5 Å². The maximum absolute atomic E-state index is 13.4. The summed E-state index contributed by atoms with van der Waals surface area (Å²) >= 11 is 0. The van der Waals surface area contributed by atoms with E-state index < -0.39 is 5.97 Å². The summed E-state index contributed by atoms with van der Waals surface area (Å²) in [5.41, 5.74) is 5.75. The number of nitrogens with one attached hydrogen (secondary N) is 1. The standard InChI is InChI=1S/C26H24N6O3/c1-3-6-22-21(25(33)32-23(26(34)35)14-9-16(2)31(22)32)15-17-10-12-18(13-11-17)19-7-4-5-8-20(19)24-27-29-30-28-24/h4-5,7-14H,3,6,15H2,1-2H3,(H,34,35)(H,27,28,29,30). The molecule has 0 aliphatic rings. The van der Waals surface area contributed by atoms with Crippen molar-refractivity contribution < 1.29 is 9.90 Å². The average molecular weight is 469 g/mol. The first-order valence-electron chi connectivity index (χ1n) is 11.4. The Hall–Kier alpha value is -4.53. The van der Waals surface area contributed by atoms with Gasteiger partial charge in [-0.1, -0.05) is 61.9 Å². The van der Waals surface area contributed by atoms with Crippen LogP contribution in [0.2, 0.25) is 0 Å². The summed E-state index contributed by atoms with van der Waals surface area (Å²) in [5.74, 6) is -0.610. The Labute approximate surface area is 200 Å². The van der Waals surface area contributed by atoms with Crippen molar-refractivity contribution in [1.29, 1.82) is 0 Å². The molecule has 0 bridgehead atoms. The molecule has 0 aliphatic heterocycles. The number of fused-ring (bicyclic) bond motifs is 1. The van der Waals surface area contributed by atoms with Crippen molar-refractivity contribution in [3.8, 4) is 22.5 Å². The van der Waals surface area contributed by atoms with Crippen LogP contribution in [0.5, 0.6) is 0 Å². The first-order chi connectivity index (χ1) is 17.0. The Bertz CT molecular complexity index is 1580. The van der Waals surface area contributed by atoms with E-state index in [0.717, 1.165) is 40.1 Å². The van der Waals surface area contributed by atoms with E-state index >= 15 is 0 Å². The number of aromatic nitrogens is 6. The quantitative estimate of drug-likeness (QED) is 0.375. The molecule has 0 unspecified atom stereocenters. The van der Waals surface area contributed by atoms with Crippen molar-refractivity contribution in [1.82, 2.24) is 29.7 Å². The SMILES string of the molecule is CCCc1c(Cc2ccc(-c3ccccc3-c3nn[nH]n3)cc2)c(=O)n2c(C(=O)O)ccc(C)n12. The molecule has 2 N–H and O–H groups in total. The molecule has 35 heavy (non-hydrogen) atoms. The number of aryl methyl sites for hydroxylation is 2. The van der Waals surface area contributed by atoms with Gasteiger partial charge in [-0.05, 0) is 47.4 Å². The lowest BCUT2D eigenvalue weighted by molar-refractivity contribution is 0.0685. The Kier molecular flexibility index (Phi) is 5.74. The van der Waals surface area contributed by atoms with Crippen molar-refractivity contribution in [3.05, 3.63) is 99.2 Å². The van der Waals surface area contributed by atoms with Gasteiger partial charge in [0.05, 0.1) is 0 Å². The van der Waals surface area contributed by atoms with Gasteiger partial charge in [0.25, 0.3) is 5.56 Å². The predicted octanol–water partition coefficient (Wildman–Crippen LogP) is 3.80. The van der Waals surface area contributed by atoms with Gasteiger partial charge in [0.2, 0.25) is 5.82 Å². The molecule has 5 aromatic rings. The van der Waals surface area contributed by atoms with E-state index in [-0.39, 0.29) is 11.3 Å². The van der Waals surface area contributed by atoms with Crippen LogP contribution < -0.4 is 5.56 Å². The number of benzene rings is 2. The zero-order valence-electron chi connectivity index (χ0n) is 19.4. The van der Waals surface area contributed by atoms with Crippen molar-refractivity contribution in [2.24, 2.45) is 0 Å². The van der Waals surface area contributed by atoms with Crippen molar-refractivity contribution in [2.45, 2.75) is 33.1 Å². The Balaban J connectivity index is 1.56. The molecular weight excluding hydrogens is 444 g/mol. The maximum Gasteiger partial charge on any atom is 0.354 e. The molecule has 176 valence electrons. The normalized spacial score (nSPS) is 11.3. The summed E-state index contributed by atoms with van der Waals surface area (Å²) in [5, 5.41) is 24.0. The fraction of sp³-hybridized carbons (Fsp3) is 0.192. The summed E-state index contributed by atoms with van der Waals surface area (Å²) in [6, 6.07) is 19.1. The van der Waals surface area contributed by atoms with Gasteiger partial charge in [0, 0.05) is 28.9 Å². The van der Waals surface area contributed by atoms with Gasteiger partial charge >= 0.3 is 5.97 Å². The molecule has 0 amide bonds. The molecule has 9 heteroatoms. The lowest BCUT2D eigenvalue weighted by atomic mass is 9.96. The highest BCUT2D eigenvalue weighted by Gasteiger charge is 2.21. The van der Waals surface area contributed by atoms with E-state index in [0.29, 0.717) is 24.2 Å². The monoisotopic (exact) mass is 468 g/mol. The number of carboxylic acid groups (broad SMARTS) is 1. The minimum atomic E-state index is -1.13. The number of aromatic amines is 1. The van der Waals surface area contributed by atoms with Crippen molar-refractivity contribution in [2.75, 3.05) is 0 Å². The second-order valence-corrected chi connectivity index (χ2v) is 8.42. The fourth-order valence-corrected chi connectivity index (χ4v) is 4.56. The molecule has 5 rings (SSSR count). The van der Waals surface area contributed by atoms with E-state index in [4.69, 9.17) is 0 Å². The number of tetrazole rings is 1. The first kappa shape index (κ1) is 22.3. The summed E-state index contributed by atoms with van der Waals surface area (Å²) < 4.78 is 3.04. The third kappa shape index (κ3) is 3.90. The van der Waals surface area contributed by atoms with Gasteiger partial charge in [0.15, 0.2) is 5.69 Å². The predicted molar refractivity (Wildman–Crippen MR) is 131 cm³/mol. The number of carbonyl (C=O) groups is 1. The van der Waals surface area contributed by atoms with Gasteiger partial charge in [-0.2, -0.15) is 5.21 Å². The average Bonchev–Trinajstić information content (AvgIpc) is 3.49. The molecule has 0 saturated carbocycles. The Morgan fingerprint density at radius 2 is 1.74 bits per heavy atom. The van der Waals surface area contributed by atoms with E-state index in [9.17, 15) is 14.7 Å². The topological polar surface area (TPSA) is 118 Å². The number of nitrogens with zero attached hydrogens (tertiary/aromatic N) is 5. The lowest BCUT2D eigenvalue weighted by Gasteiger charge is -2.10. The third-order valence-corrected chi connectivity index (χ3v) is 6.16. The number of carboxylic acids is 1. The zero-order chi connectivity index (χ0) is 24.5. The van der Waals surface area contributed by atoms with Crippen LogP contribution in [0.25, 0.3) is 22.5 Å². The second kappa shape index (κ2) is 9.02. The highest BCUT2D eigenvalue weighted by Crippen LogP contribution is 2.30. The molecule has 0 aliphatic carbocycles. The number of hydrogen-bond acceptors (Lipinski definition) is 5. The summed E-state index contributed by atoms with van der Waals surface area (Å²) in [7, 11) is 0. The second-order valence-electron chi connectivity index (χ2n) is 8.42. The molecule has 9 nitrogen and oxygen atoms in total. The van der Waals surface area contributed by atoms with E-state index in [2.05, 4.69) is 20.6 Å². The minimum Gasteiger partial charge on any atom is -0.477 e. The smallest absolute Gasteiger partial charge is 0.354 e. The Morgan fingerprint density at radius 1 is 1.00 bits per heavy atom. The van der Waals surface area contributed by atoms with Gasteiger partial charge in [-0.3, -0.25) is 9.31 Å². The van der Waals surface area contributed by atoms with Gasteiger partial charge in [-0.25, -0.2) is 9.31 Å². The fourth-order valence-electron chi connectivity index (χ4n) is 4.56. The van der Waals surface area contributed by atoms with Gasteiger partial charge < -0.3 is 5.11 Å². The van der Waals surface area contributed by atoms with Crippen LogP contribution in [0.1, 0.15) is 46.3 Å². The number of rotatable bonds is 7. The summed E-state index contributed by atoms with van der Waals surface area (Å²) in [6.45, 7) is 3.93. The number of H-pyrrole nitrogens is 1. The molecule has 0 saturated heterocycles. The molecule has 3 aromatic heterocycles. The van der Waals surface area contributed by atoms with Crippen LogP contribution in [0.4, 0.5) is 0 Å². The largest absolute Gasteiger partial charge is 0.477 e. The number of aromatic carboxylic acids is 1. The van der Waals surface area contributed by atoms with Crippen LogP contribution in [0, 0.1) is 6.92 Å². The highest BCUT2D eigenvalue weighted by molar-refractivity contribution is 5.85. The number of hydrogen-bond donors (Lipinski definition) is 2. The van der Waals surface area contributed by atoms with Gasteiger partial charge in [0.1, 0.15) is 0 Å². The third-order valence-electron chi connectivity index (χ3n) is 6.16. The molecule has 2 aromatic carbocycles. The van der Waals surface area contributed by atoms with Crippen LogP contribution in [-0.4, -0.2) is 40.7 Å². The molecule has 0 fully saturated rings. The lowest BCUT2D eigenvalue weighted by Crippen LogP contribution is -2.22. The zero-order valence-corrected chi connectivity index (χ0v) is 19.4. The van der Waals surface area contributed by atoms with E-state index in [1.54, 1.807) is 10.6 Å². The van der Waals surface area contributed by atoms with Crippen molar-refractivity contribution in [3.63, 3.8) is 0 Å². The van der Waals surface area contributed by atoms with Crippen LogP contribution in [0.3, 0.4) is 0 Å². The van der Waals surface area contributed by atoms with E-state index in [1.165, 1.54) is 10.6 Å². The highest BCUT2D eigenvalue weighted by atomic mass is 16.4. The Morgan fingerprint density at radius 3 is 2.40 bits per heavy atom. The molecule has 0 radical (unpaired) electrons. The molecular formula is C26H24N6O3. The van der Waals surface area contributed by atoms with Gasteiger partial charge in [-0.15, -0.1) is 10.2 Å². The molecule has 0 spiro atoms. The summed E-state index contributed by atoms with van der Waals surface area (Å²) in [4.78, 5) is 25.2. The van der Waals surface area contributed by atoms with Crippen LogP contribution >= 0.6 is 0 Å². The van der Waals surface area contributed by atoms with E-state index in [1.807, 2.05) is 62.4 Å². The summed E-state index contributed by atoms with van der Waals surface area (Å²) in [6.07, 6.45) is 1.92. The maximum atomic E-state index is 13.4. The van der Waals surface area contributed by atoms with Crippen LogP contribution in [-0.2, 0) is 12.8 Å². The first-order valence-corrected chi connectivity index (χ1v) is 11.4. The molecule has 3 heterocycles. The van der Waals surface area contributed by atoms with Crippen molar-refractivity contribution >= 4 is 5.97 Å².